The number of hydrogen-bond acceptors (Lipinski definition) is 3. The Hall–Kier alpha value is -0.320. The van der Waals surface area contributed by atoms with Crippen molar-refractivity contribution in [2.75, 3.05) is 13.7 Å². The van der Waals surface area contributed by atoms with E-state index in [9.17, 15) is 0 Å². The maximum absolute atomic E-state index is 5.63. The van der Waals surface area contributed by atoms with Crippen LogP contribution in [-0.4, -0.2) is 19.8 Å². The Kier molecular flexibility index (Phi) is 4.44. The summed E-state index contributed by atoms with van der Waals surface area (Å²) in [7, 11) is 1.97. The molecule has 1 aliphatic rings. The quantitative estimate of drug-likeness (QED) is 0.903. The van der Waals surface area contributed by atoms with Crippen molar-refractivity contribution in [2.45, 2.75) is 37.8 Å². The van der Waals surface area contributed by atoms with E-state index in [0.29, 0.717) is 6.10 Å². The fourth-order valence-electron chi connectivity index (χ4n) is 2.19. The van der Waals surface area contributed by atoms with Gasteiger partial charge in [-0.1, -0.05) is 0 Å². The fraction of sp³-hybridized carbons (Fsp3) is 0.667. The summed E-state index contributed by atoms with van der Waals surface area (Å²) in [6, 6.07) is 2.21. The van der Waals surface area contributed by atoms with Crippen molar-refractivity contribution < 1.29 is 9.15 Å². The van der Waals surface area contributed by atoms with Crippen LogP contribution in [0.1, 0.15) is 37.5 Å². The molecule has 16 heavy (non-hydrogen) atoms. The molecule has 0 spiro atoms. The average molecular weight is 288 g/mol. The van der Waals surface area contributed by atoms with E-state index in [4.69, 9.17) is 9.15 Å². The van der Waals surface area contributed by atoms with E-state index in [1.807, 2.05) is 13.1 Å². The molecule has 0 bridgehead atoms. The molecule has 0 saturated carbocycles. The van der Waals surface area contributed by atoms with Gasteiger partial charge >= 0.3 is 0 Å². The van der Waals surface area contributed by atoms with Gasteiger partial charge < -0.3 is 14.5 Å². The molecule has 2 unspecified atom stereocenters. The first kappa shape index (κ1) is 12.1. The lowest BCUT2D eigenvalue weighted by molar-refractivity contribution is 0.0991. The number of rotatable bonds is 5. The predicted molar refractivity (Wildman–Crippen MR) is 66.4 cm³/mol. The Morgan fingerprint density at radius 2 is 2.50 bits per heavy atom. The van der Waals surface area contributed by atoms with E-state index in [-0.39, 0.29) is 6.04 Å². The first-order chi connectivity index (χ1) is 7.81. The lowest BCUT2D eigenvalue weighted by Crippen LogP contribution is -2.18. The smallest absolute Gasteiger partial charge is 0.134 e. The largest absolute Gasteiger partial charge is 0.466 e. The number of hydrogen-bond donors (Lipinski definition) is 1. The van der Waals surface area contributed by atoms with Crippen LogP contribution in [0.4, 0.5) is 0 Å². The van der Waals surface area contributed by atoms with Crippen LogP contribution in [0, 0.1) is 0 Å². The van der Waals surface area contributed by atoms with E-state index in [2.05, 4.69) is 21.2 Å². The molecule has 2 heterocycles. The molecule has 1 saturated heterocycles. The fourth-order valence-corrected chi connectivity index (χ4v) is 2.66. The zero-order valence-corrected chi connectivity index (χ0v) is 11.1. The molecule has 1 aromatic rings. The highest BCUT2D eigenvalue weighted by Gasteiger charge is 2.20. The van der Waals surface area contributed by atoms with Gasteiger partial charge in [0.1, 0.15) is 5.76 Å². The highest BCUT2D eigenvalue weighted by molar-refractivity contribution is 9.10. The van der Waals surface area contributed by atoms with Crippen molar-refractivity contribution in [1.29, 1.82) is 0 Å². The second-order valence-corrected chi connectivity index (χ2v) is 5.04. The standard InChI is InChI=1S/C12H18BrNO2/c1-14-11(12-10(13)6-8-16-12)5-4-9-3-2-7-15-9/h6,8-9,11,14H,2-5,7H2,1H3. The Bertz CT molecular complexity index is 321. The minimum Gasteiger partial charge on any atom is -0.466 e. The molecule has 2 atom stereocenters. The summed E-state index contributed by atoms with van der Waals surface area (Å²) in [5.74, 6) is 0.987. The molecule has 1 N–H and O–H groups in total. The summed E-state index contributed by atoms with van der Waals surface area (Å²) in [5.41, 5.74) is 0. The Balaban J connectivity index is 1.88. The number of furan rings is 1. The van der Waals surface area contributed by atoms with Gasteiger partial charge in [0.05, 0.1) is 22.9 Å². The maximum Gasteiger partial charge on any atom is 0.134 e. The first-order valence-electron chi connectivity index (χ1n) is 5.83. The molecular weight excluding hydrogens is 270 g/mol. The number of nitrogens with one attached hydrogen (secondary N) is 1. The Morgan fingerprint density at radius 1 is 1.62 bits per heavy atom. The lowest BCUT2D eigenvalue weighted by atomic mass is 10.0. The van der Waals surface area contributed by atoms with Crippen molar-refractivity contribution in [1.82, 2.24) is 5.32 Å². The molecular formula is C12H18BrNO2. The number of ether oxygens (including phenoxy) is 1. The van der Waals surface area contributed by atoms with Crippen molar-refractivity contribution >= 4 is 15.9 Å². The molecule has 1 aromatic heterocycles. The molecule has 1 fully saturated rings. The normalized spacial score (nSPS) is 22.5. The van der Waals surface area contributed by atoms with E-state index in [1.54, 1.807) is 6.26 Å². The topological polar surface area (TPSA) is 34.4 Å². The van der Waals surface area contributed by atoms with E-state index < -0.39 is 0 Å². The minimum absolute atomic E-state index is 0.272. The third kappa shape index (κ3) is 2.87. The van der Waals surface area contributed by atoms with Gasteiger partial charge in [-0.3, -0.25) is 0 Å². The van der Waals surface area contributed by atoms with Crippen LogP contribution in [-0.2, 0) is 4.74 Å². The van der Waals surface area contributed by atoms with Gasteiger partial charge in [-0.05, 0) is 54.7 Å². The van der Waals surface area contributed by atoms with Crippen LogP contribution in [0.25, 0.3) is 0 Å². The zero-order chi connectivity index (χ0) is 11.4. The van der Waals surface area contributed by atoms with Crippen LogP contribution in [0.5, 0.6) is 0 Å². The molecule has 0 aromatic carbocycles. The van der Waals surface area contributed by atoms with Crippen LogP contribution >= 0.6 is 15.9 Å². The zero-order valence-electron chi connectivity index (χ0n) is 9.54. The minimum atomic E-state index is 0.272. The van der Waals surface area contributed by atoms with Crippen molar-refractivity contribution in [3.63, 3.8) is 0 Å². The molecule has 4 heteroatoms. The van der Waals surface area contributed by atoms with E-state index >= 15 is 0 Å². The van der Waals surface area contributed by atoms with Gasteiger partial charge in [0.15, 0.2) is 0 Å². The van der Waals surface area contributed by atoms with Crippen molar-refractivity contribution in [3.8, 4) is 0 Å². The van der Waals surface area contributed by atoms with Gasteiger partial charge in [-0.25, -0.2) is 0 Å². The SMILES string of the molecule is CNC(CCC1CCCO1)c1occc1Br. The predicted octanol–water partition coefficient (Wildman–Crippen LogP) is 3.26. The molecule has 1 aliphatic heterocycles. The molecule has 3 nitrogen and oxygen atoms in total. The molecule has 0 aliphatic carbocycles. The van der Waals surface area contributed by atoms with Gasteiger partial charge in [-0.15, -0.1) is 0 Å². The second kappa shape index (κ2) is 5.84. The maximum atomic E-state index is 5.63. The Morgan fingerprint density at radius 3 is 3.06 bits per heavy atom. The van der Waals surface area contributed by atoms with Crippen LogP contribution in [0.3, 0.4) is 0 Å². The van der Waals surface area contributed by atoms with Crippen LogP contribution < -0.4 is 5.32 Å². The summed E-state index contributed by atoms with van der Waals surface area (Å²) in [6.07, 6.45) is 6.72. The molecule has 0 radical (unpaired) electrons. The monoisotopic (exact) mass is 287 g/mol. The molecule has 2 rings (SSSR count). The highest BCUT2D eigenvalue weighted by Crippen LogP contribution is 2.29. The van der Waals surface area contributed by atoms with Gasteiger partial charge in [-0.2, -0.15) is 0 Å². The van der Waals surface area contributed by atoms with E-state index in [1.165, 1.54) is 12.8 Å². The molecule has 90 valence electrons. The summed E-state index contributed by atoms with van der Waals surface area (Å²) >= 11 is 3.50. The summed E-state index contributed by atoms with van der Waals surface area (Å²) in [6.45, 7) is 0.930. The van der Waals surface area contributed by atoms with Crippen molar-refractivity contribution in [2.24, 2.45) is 0 Å². The summed E-state index contributed by atoms with van der Waals surface area (Å²) in [5, 5.41) is 3.29. The van der Waals surface area contributed by atoms with Crippen molar-refractivity contribution in [3.05, 3.63) is 22.6 Å². The van der Waals surface area contributed by atoms with Gasteiger partial charge in [0.2, 0.25) is 0 Å². The summed E-state index contributed by atoms with van der Waals surface area (Å²) in [4.78, 5) is 0. The van der Waals surface area contributed by atoms with Gasteiger partial charge in [0.25, 0.3) is 0 Å². The highest BCUT2D eigenvalue weighted by atomic mass is 79.9. The third-order valence-electron chi connectivity index (χ3n) is 3.11. The lowest BCUT2D eigenvalue weighted by Gasteiger charge is -2.16. The third-order valence-corrected chi connectivity index (χ3v) is 3.77. The first-order valence-corrected chi connectivity index (χ1v) is 6.62. The number of halogens is 1. The average Bonchev–Trinajstić information content (AvgIpc) is 2.92. The van der Waals surface area contributed by atoms with Crippen LogP contribution in [0.15, 0.2) is 21.2 Å². The summed E-state index contributed by atoms with van der Waals surface area (Å²) < 4.78 is 12.1. The Labute approximate surface area is 105 Å². The molecule has 0 amide bonds. The van der Waals surface area contributed by atoms with Gasteiger partial charge in [0, 0.05) is 6.61 Å². The van der Waals surface area contributed by atoms with E-state index in [0.717, 1.165) is 29.7 Å². The van der Waals surface area contributed by atoms with Crippen LogP contribution in [0.2, 0.25) is 0 Å². The second-order valence-electron chi connectivity index (χ2n) is 4.19.